The van der Waals surface area contributed by atoms with Gasteiger partial charge >= 0.3 is 5.97 Å². The molecule has 1 heterocycles. The van der Waals surface area contributed by atoms with Gasteiger partial charge in [-0.1, -0.05) is 5.16 Å². The molecule has 1 aromatic heterocycles. The van der Waals surface area contributed by atoms with Crippen LogP contribution in [-0.2, 0) is 16.1 Å². The Morgan fingerprint density at radius 3 is 2.27 bits per heavy atom. The average Bonchev–Trinajstić information content (AvgIpc) is 3.11. The second-order valence-corrected chi connectivity index (χ2v) is 10.4. The molecule has 6 rings (SSSR count). The highest BCUT2D eigenvalue weighted by molar-refractivity contribution is 5.91. The van der Waals surface area contributed by atoms with Crippen molar-refractivity contribution in [2.75, 3.05) is 13.2 Å². The van der Waals surface area contributed by atoms with Crippen LogP contribution in [0.25, 0.3) is 0 Å². The van der Waals surface area contributed by atoms with Crippen LogP contribution in [-0.4, -0.2) is 30.2 Å². The highest BCUT2D eigenvalue weighted by Crippen LogP contribution is 2.59. The van der Waals surface area contributed by atoms with Crippen molar-refractivity contribution in [3.05, 3.63) is 46.8 Å². The molecule has 4 bridgehead atoms. The third-order valence-corrected chi connectivity index (χ3v) is 7.81. The Balaban J connectivity index is 1.07. The molecule has 0 atom stereocenters. The van der Waals surface area contributed by atoms with Gasteiger partial charge in [-0.3, -0.25) is 4.79 Å². The molecule has 2 aromatic rings. The van der Waals surface area contributed by atoms with Crippen LogP contribution in [0.1, 0.15) is 65.9 Å². The van der Waals surface area contributed by atoms with Crippen molar-refractivity contribution in [3.8, 4) is 5.75 Å². The summed E-state index contributed by atoms with van der Waals surface area (Å²) in [6, 6.07) is 6.69. The number of aryl methyl sites for hydroxylation is 2. The predicted octanol–water partition coefficient (Wildman–Crippen LogP) is 4.36. The van der Waals surface area contributed by atoms with Crippen LogP contribution < -0.4 is 10.1 Å². The summed E-state index contributed by atoms with van der Waals surface area (Å²) in [5.41, 5.74) is 2.37. The van der Waals surface area contributed by atoms with Crippen molar-refractivity contribution in [1.29, 1.82) is 0 Å². The third-order valence-electron chi connectivity index (χ3n) is 7.81. The molecule has 7 heteroatoms. The average molecular weight is 453 g/mol. The Hall–Kier alpha value is -2.83. The predicted molar refractivity (Wildman–Crippen MR) is 121 cm³/mol. The molecule has 33 heavy (non-hydrogen) atoms. The summed E-state index contributed by atoms with van der Waals surface area (Å²) in [6.45, 7) is 4.51. The van der Waals surface area contributed by atoms with E-state index in [1.807, 2.05) is 13.8 Å². The van der Waals surface area contributed by atoms with E-state index in [-0.39, 0.29) is 17.9 Å². The van der Waals surface area contributed by atoms with Crippen LogP contribution in [0.4, 0.5) is 0 Å². The Kier molecular flexibility index (Phi) is 5.89. The molecule has 0 aliphatic heterocycles. The normalized spacial score (nSPS) is 27.4. The van der Waals surface area contributed by atoms with Crippen LogP contribution in [0.15, 0.2) is 28.8 Å². The van der Waals surface area contributed by atoms with E-state index in [0.717, 1.165) is 34.8 Å². The van der Waals surface area contributed by atoms with Gasteiger partial charge in [-0.2, -0.15) is 0 Å². The number of hydrogen-bond acceptors (Lipinski definition) is 6. The zero-order valence-electron chi connectivity index (χ0n) is 19.4. The molecular weight excluding hydrogens is 420 g/mol. The lowest BCUT2D eigenvalue weighted by atomic mass is 9.49. The molecule has 0 radical (unpaired) electrons. The largest absolute Gasteiger partial charge is 0.489 e. The Bertz CT molecular complexity index is 971. The quantitative estimate of drug-likeness (QED) is 0.599. The topological polar surface area (TPSA) is 90.7 Å². The first-order chi connectivity index (χ1) is 15.9. The Morgan fingerprint density at radius 1 is 1.06 bits per heavy atom. The van der Waals surface area contributed by atoms with E-state index in [4.69, 9.17) is 14.0 Å². The monoisotopic (exact) mass is 452 g/mol. The lowest BCUT2D eigenvalue weighted by Crippen LogP contribution is -2.51. The van der Waals surface area contributed by atoms with Crippen molar-refractivity contribution < 1.29 is 23.6 Å². The van der Waals surface area contributed by atoms with E-state index in [1.54, 1.807) is 24.3 Å². The van der Waals surface area contributed by atoms with Crippen LogP contribution >= 0.6 is 0 Å². The third kappa shape index (κ3) is 4.77. The smallest absolute Gasteiger partial charge is 0.338 e. The molecule has 0 spiro atoms. The summed E-state index contributed by atoms with van der Waals surface area (Å²) in [5.74, 6) is 3.16. The first-order valence-corrected chi connectivity index (χ1v) is 12.0. The second-order valence-electron chi connectivity index (χ2n) is 10.4. The molecule has 4 saturated carbocycles. The lowest BCUT2D eigenvalue weighted by Gasteiger charge is -2.56. The number of carbonyl (C=O) groups excluding carboxylic acids is 2. The molecule has 4 aliphatic rings. The zero-order valence-corrected chi connectivity index (χ0v) is 19.4. The van der Waals surface area contributed by atoms with Gasteiger partial charge in [-0.05, 0) is 99.8 Å². The summed E-state index contributed by atoms with van der Waals surface area (Å²) in [6.07, 6.45) is 7.87. The van der Waals surface area contributed by atoms with Gasteiger partial charge in [0.1, 0.15) is 18.1 Å². The lowest BCUT2D eigenvalue weighted by molar-refractivity contribution is -0.126. The number of esters is 1. The fourth-order valence-electron chi connectivity index (χ4n) is 6.61. The number of amides is 1. The molecule has 1 amide bonds. The van der Waals surface area contributed by atoms with E-state index >= 15 is 0 Å². The van der Waals surface area contributed by atoms with E-state index in [0.29, 0.717) is 24.5 Å². The standard InChI is InChI=1S/C26H32N2O5/c1-16-23(17(2)33-28-16)13-31-22-5-3-21(4-6-22)25(30)32-14-24(29)27-15-26-10-18-7-19(11-26)9-20(8-18)12-26/h3-6,18-20H,7-15H2,1-2H3,(H,27,29). The van der Waals surface area contributed by atoms with Gasteiger partial charge < -0.3 is 19.3 Å². The zero-order chi connectivity index (χ0) is 23.0. The number of rotatable bonds is 8. The molecule has 176 valence electrons. The minimum atomic E-state index is -0.516. The van der Waals surface area contributed by atoms with Gasteiger partial charge in [-0.25, -0.2) is 4.79 Å². The van der Waals surface area contributed by atoms with E-state index in [1.165, 1.54) is 38.5 Å². The minimum Gasteiger partial charge on any atom is -0.489 e. The number of ether oxygens (including phenoxy) is 2. The van der Waals surface area contributed by atoms with Crippen LogP contribution in [0.3, 0.4) is 0 Å². The highest BCUT2D eigenvalue weighted by Gasteiger charge is 2.50. The van der Waals surface area contributed by atoms with Crippen LogP contribution in [0, 0.1) is 37.0 Å². The number of hydrogen-bond donors (Lipinski definition) is 1. The van der Waals surface area contributed by atoms with Gasteiger partial charge in [0.15, 0.2) is 6.61 Å². The molecule has 7 nitrogen and oxygen atoms in total. The maximum atomic E-state index is 12.4. The molecule has 1 N–H and O–H groups in total. The van der Waals surface area contributed by atoms with E-state index in [9.17, 15) is 9.59 Å². The summed E-state index contributed by atoms with van der Waals surface area (Å²) in [7, 11) is 0. The van der Waals surface area contributed by atoms with Gasteiger partial charge in [0.2, 0.25) is 0 Å². The van der Waals surface area contributed by atoms with Crippen molar-refractivity contribution in [1.82, 2.24) is 10.5 Å². The van der Waals surface area contributed by atoms with Gasteiger partial charge in [0.05, 0.1) is 16.8 Å². The first-order valence-electron chi connectivity index (χ1n) is 12.0. The second kappa shape index (κ2) is 8.84. The van der Waals surface area contributed by atoms with Crippen molar-refractivity contribution in [2.45, 2.75) is 59.0 Å². The molecule has 1 aromatic carbocycles. The summed E-state index contributed by atoms with van der Waals surface area (Å²) >= 11 is 0. The Morgan fingerprint density at radius 2 is 1.70 bits per heavy atom. The fraction of sp³-hybridized carbons (Fsp3) is 0.577. The summed E-state index contributed by atoms with van der Waals surface area (Å²) < 4.78 is 16.1. The maximum Gasteiger partial charge on any atom is 0.338 e. The fourth-order valence-corrected chi connectivity index (χ4v) is 6.61. The molecular formula is C26H32N2O5. The minimum absolute atomic E-state index is 0.224. The highest BCUT2D eigenvalue weighted by atomic mass is 16.5. The summed E-state index contributed by atoms with van der Waals surface area (Å²) in [4.78, 5) is 24.7. The first kappa shape index (κ1) is 22.0. The number of nitrogens with zero attached hydrogens (tertiary/aromatic N) is 1. The molecule has 0 unspecified atom stereocenters. The SMILES string of the molecule is Cc1noc(C)c1COc1ccc(C(=O)OCC(=O)NCC23CC4CC(CC(C4)C2)C3)cc1. The van der Waals surface area contributed by atoms with Crippen molar-refractivity contribution >= 4 is 11.9 Å². The Labute approximate surface area is 194 Å². The van der Waals surface area contributed by atoms with Gasteiger partial charge in [0, 0.05) is 6.54 Å². The number of benzene rings is 1. The number of nitrogens with one attached hydrogen (secondary N) is 1. The number of carbonyl (C=O) groups is 2. The molecule has 4 aliphatic carbocycles. The summed E-state index contributed by atoms with van der Waals surface area (Å²) in [5, 5.41) is 6.96. The van der Waals surface area contributed by atoms with Crippen molar-refractivity contribution in [3.63, 3.8) is 0 Å². The van der Waals surface area contributed by atoms with Crippen LogP contribution in [0.2, 0.25) is 0 Å². The molecule has 4 fully saturated rings. The van der Waals surface area contributed by atoms with Gasteiger partial charge in [0.25, 0.3) is 5.91 Å². The van der Waals surface area contributed by atoms with E-state index in [2.05, 4.69) is 10.5 Å². The van der Waals surface area contributed by atoms with E-state index < -0.39 is 5.97 Å². The number of aromatic nitrogens is 1. The van der Waals surface area contributed by atoms with Crippen molar-refractivity contribution in [2.24, 2.45) is 23.2 Å². The van der Waals surface area contributed by atoms with Crippen LogP contribution in [0.5, 0.6) is 5.75 Å². The molecule has 0 saturated heterocycles. The maximum absolute atomic E-state index is 12.4. The van der Waals surface area contributed by atoms with Gasteiger partial charge in [-0.15, -0.1) is 0 Å².